The Morgan fingerprint density at radius 3 is 1.64 bits per heavy atom. The molecule has 16 heteroatoms. The molecule has 0 bridgehead atoms. The minimum Gasteiger partial charge on any atom is -0.354 e. The number of rotatable bonds is 11. The van der Waals surface area contributed by atoms with Crippen LogP contribution in [0, 0.1) is 0 Å². The highest BCUT2D eigenvalue weighted by atomic mass is 16.2. The van der Waals surface area contributed by atoms with Crippen LogP contribution in [0.3, 0.4) is 0 Å². The Morgan fingerprint density at radius 1 is 0.578 bits per heavy atom. The van der Waals surface area contributed by atoms with Crippen LogP contribution in [-0.2, 0) is 16.0 Å². The van der Waals surface area contributed by atoms with Gasteiger partial charge in [0.15, 0.2) is 11.6 Å². The molecule has 45 heavy (non-hydrogen) atoms. The fourth-order valence-electron chi connectivity index (χ4n) is 3.71. The van der Waals surface area contributed by atoms with Crippen molar-refractivity contribution in [2.24, 2.45) is 0 Å². The summed E-state index contributed by atoms with van der Waals surface area (Å²) in [5.41, 5.74) is 2.20. The second kappa shape index (κ2) is 15.7. The molecule has 5 N–H and O–H groups in total. The molecule has 0 radical (unpaired) electrons. The van der Waals surface area contributed by atoms with Gasteiger partial charge < -0.3 is 5.32 Å². The van der Waals surface area contributed by atoms with Crippen molar-refractivity contribution in [3.05, 3.63) is 97.3 Å². The number of H-pyrrole nitrogens is 2. The standard InChI is InChI=1S/C15H14N6O.C14H14N8O/c22-13(8-7-11-5-1-3-9-16-11)18-15-19-14(20-21-15)12-6-2-4-10-17-12;23-11(5-9-18-13-16-7-3-8-17-13)19-14-20-12(21-22-14)10-4-1-2-6-15-10/h1-6,9-10H,7-8H2,(H2,18,19,20,21,22);1-4,6-8H,5,9H2,(H,16,17,18)(H2,19,20,21,22,23). The van der Waals surface area contributed by atoms with E-state index < -0.39 is 0 Å². The molecule has 0 saturated carbocycles. The van der Waals surface area contributed by atoms with Gasteiger partial charge in [-0.05, 0) is 48.9 Å². The van der Waals surface area contributed by atoms with Crippen molar-refractivity contribution in [2.45, 2.75) is 19.3 Å². The van der Waals surface area contributed by atoms with E-state index in [4.69, 9.17) is 0 Å². The average molecular weight is 605 g/mol. The average Bonchev–Trinajstić information content (AvgIpc) is 3.76. The van der Waals surface area contributed by atoms with Gasteiger partial charge in [0.1, 0.15) is 11.4 Å². The minimum atomic E-state index is -0.208. The second-order valence-electron chi connectivity index (χ2n) is 9.11. The van der Waals surface area contributed by atoms with E-state index in [2.05, 4.69) is 71.2 Å². The zero-order valence-corrected chi connectivity index (χ0v) is 23.8. The first-order valence-corrected chi connectivity index (χ1v) is 13.8. The van der Waals surface area contributed by atoms with Gasteiger partial charge in [-0.2, -0.15) is 9.97 Å². The van der Waals surface area contributed by atoms with E-state index in [0.717, 1.165) is 5.69 Å². The number of aromatic amines is 2. The molecule has 6 rings (SSSR count). The van der Waals surface area contributed by atoms with Crippen molar-refractivity contribution in [2.75, 3.05) is 22.5 Å². The molecule has 0 aliphatic heterocycles. The van der Waals surface area contributed by atoms with Gasteiger partial charge >= 0.3 is 0 Å². The maximum atomic E-state index is 11.9. The Kier molecular flexibility index (Phi) is 10.5. The molecule has 0 fully saturated rings. The van der Waals surface area contributed by atoms with E-state index in [0.29, 0.717) is 48.4 Å². The van der Waals surface area contributed by atoms with Crippen LogP contribution in [0.2, 0.25) is 0 Å². The van der Waals surface area contributed by atoms with E-state index in [9.17, 15) is 9.59 Å². The van der Waals surface area contributed by atoms with Crippen LogP contribution in [0.4, 0.5) is 17.8 Å². The van der Waals surface area contributed by atoms with Crippen molar-refractivity contribution in [1.29, 1.82) is 0 Å². The first-order chi connectivity index (χ1) is 22.1. The Hall–Kier alpha value is -6.45. The van der Waals surface area contributed by atoms with Crippen LogP contribution >= 0.6 is 0 Å². The van der Waals surface area contributed by atoms with Gasteiger partial charge in [-0.1, -0.05) is 18.2 Å². The molecule has 0 unspecified atom stereocenters. The highest BCUT2D eigenvalue weighted by molar-refractivity contribution is 5.89. The van der Waals surface area contributed by atoms with Gasteiger partial charge in [-0.3, -0.25) is 45.4 Å². The maximum absolute atomic E-state index is 11.9. The van der Waals surface area contributed by atoms with E-state index in [1.54, 1.807) is 43.1 Å². The Labute approximate surface area is 256 Å². The smallest absolute Gasteiger partial charge is 0.249 e. The number of nitrogens with zero attached hydrogens (tertiary/aromatic N) is 9. The fourth-order valence-corrected chi connectivity index (χ4v) is 3.71. The van der Waals surface area contributed by atoms with Crippen molar-refractivity contribution >= 4 is 29.7 Å². The number of carbonyl (C=O) groups excluding carboxylic acids is 2. The molecule has 16 nitrogen and oxygen atoms in total. The summed E-state index contributed by atoms with van der Waals surface area (Å²) in [6.45, 7) is 0.410. The zero-order valence-electron chi connectivity index (χ0n) is 23.8. The summed E-state index contributed by atoms with van der Waals surface area (Å²) in [6, 6.07) is 18.3. The van der Waals surface area contributed by atoms with Crippen molar-refractivity contribution < 1.29 is 9.59 Å². The van der Waals surface area contributed by atoms with Crippen molar-refractivity contribution in [3.8, 4) is 23.0 Å². The summed E-state index contributed by atoms with van der Waals surface area (Å²) in [5.74, 6) is 1.59. The molecule has 2 amide bonds. The van der Waals surface area contributed by atoms with Gasteiger partial charge in [-0.25, -0.2) is 9.97 Å². The highest BCUT2D eigenvalue weighted by Crippen LogP contribution is 2.13. The van der Waals surface area contributed by atoms with Crippen molar-refractivity contribution in [3.63, 3.8) is 0 Å². The number of hydrogen-bond acceptors (Lipinski definition) is 12. The molecular weight excluding hydrogens is 576 g/mol. The van der Waals surface area contributed by atoms with Gasteiger partial charge in [0.05, 0.1) is 0 Å². The zero-order chi connectivity index (χ0) is 31.1. The SMILES string of the molecule is O=C(CCNc1ncccn1)Nc1n[nH]c(-c2ccccn2)n1.O=C(CCc1ccccn1)Nc1n[nH]c(-c2ccccn2)n1. The molecular formula is C29H28N14O2. The first-order valence-electron chi connectivity index (χ1n) is 13.8. The lowest BCUT2D eigenvalue weighted by Crippen LogP contribution is -2.17. The monoisotopic (exact) mass is 604 g/mol. The lowest BCUT2D eigenvalue weighted by molar-refractivity contribution is -0.116. The quantitative estimate of drug-likeness (QED) is 0.144. The van der Waals surface area contributed by atoms with Crippen LogP contribution in [0.25, 0.3) is 23.0 Å². The molecule has 0 spiro atoms. The summed E-state index contributed by atoms with van der Waals surface area (Å²) in [6.07, 6.45) is 9.43. The van der Waals surface area contributed by atoms with E-state index in [1.165, 1.54) is 0 Å². The summed E-state index contributed by atoms with van der Waals surface area (Å²) < 4.78 is 0. The van der Waals surface area contributed by atoms with Gasteiger partial charge in [0.25, 0.3) is 0 Å². The minimum absolute atomic E-state index is 0.155. The molecule has 6 aromatic rings. The number of aryl methyl sites for hydroxylation is 1. The van der Waals surface area contributed by atoms with Crippen LogP contribution in [0.1, 0.15) is 18.5 Å². The van der Waals surface area contributed by atoms with E-state index >= 15 is 0 Å². The summed E-state index contributed by atoms with van der Waals surface area (Å²) in [7, 11) is 0. The lowest BCUT2D eigenvalue weighted by atomic mass is 10.2. The molecule has 226 valence electrons. The van der Waals surface area contributed by atoms with Crippen LogP contribution in [0.15, 0.2) is 91.6 Å². The number of hydrogen-bond donors (Lipinski definition) is 5. The molecule has 0 aliphatic rings. The normalized spacial score (nSPS) is 10.3. The van der Waals surface area contributed by atoms with E-state index in [-0.39, 0.29) is 30.1 Å². The highest BCUT2D eigenvalue weighted by Gasteiger charge is 2.11. The number of pyridine rings is 3. The number of amides is 2. The number of aromatic nitrogens is 11. The van der Waals surface area contributed by atoms with Crippen molar-refractivity contribution in [1.82, 2.24) is 55.3 Å². The van der Waals surface area contributed by atoms with Crippen LogP contribution < -0.4 is 16.0 Å². The molecule has 0 saturated heterocycles. The van der Waals surface area contributed by atoms with Crippen LogP contribution in [-0.4, -0.2) is 73.6 Å². The third-order valence-corrected chi connectivity index (χ3v) is 5.82. The second-order valence-corrected chi connectivity index (χ2v) is 9.11. The largest absolute Gasteiger partial charge is 0.354 e. The number of nitrogens with one attached hydrogen (secondary N) is 5. The Morgan fingerprint density at radius 2 is 1.11 bits per heavy atom. The fraction of sp³-hybridized carbons (Fsp3) is 0.138. The molecule has 6 aromatic heterocycles. The predicted molar refractivity (Wildman–Crippen MR) is 164 cm³/mol. The van der Waals surface area contributed by atoms with Gasteiger partial charge in [-0.15, -0.1) is 10.2 Å². The number of anilines is 3. The molecule has 0 aromatic carbocycles. The summed E-state index contributed by atoms with van der Waals surface area (Å²) >= 11 is 0. The first kappa shape index (κ1) is 30.0. The van der Waals surface area contributed by atoms with Crippen LogP contribution in [0.5, 0.6) is 0 Å². The third-order valence-electron chi connectivity index (χ3n) is 5.82. The van der Waals surface area contributed by atoms with E-state index in [1.807, 2.05) is 48.5 Å². The molecule has 6 heterocycles. The Bertz CT molecular complexity index is 1760. The topological polar surface area (TPSA) is 218 Å². The maximum Gasteiger partial charge on any atom is 0.249 e. The lowest BCUT2D eigenvalue weighted by Gasteiger charge is -2.03. The molecule has 0 atom stereocenters. The summed E-state index contributed by atoms with van der Waals surface area (Å²) in [4.78, 5) is 52.6. The van der Waals surface area contributed by atoms with Gasteiger partial charge in [0, 0.05) is 56.1 Å². The van der Waals surface area contributed by atoms with Gasteiger partial charge in [0.2, 0.25) is 29.7 Å². The molecule has 0 aliphatic carbocycles. The predicted octanol–water partition coefficient (Wildman–Crippen LogP) is 2.93. The summed E-state index contributed by atoms with van der Waals surface area (Å²) in [5, 5.41) is 21.6. The Balaban J connectivity index is 0.000000178. The third kappa shape index (κ3) is 9.53. The number of carbonyl (C=O) groups is 2.